The first-order valence-corrected chi connectivity index (χ1v) is 6.63. The monoisotopic (exact) mass is 262 g/mol. The highest BCUT2D eigenvalue weighted by Crippen LogP contribution is 2.42. The predicted octanol–water partition coefficient (Wildman–Crippen LogP) is 2.46. The van der Waals surface area contributed by atoms with Gasteiger partial charge in [0.15, 0.2) is 5.78 Å². The van der Waals surface area contributed by atoms with Crippen molar-refractivity contribution >= 4 is 5.78 Å². The maximum absolute atomic E-state index is 12.3. The molecule has 1 aromatic carbocycles. The first-order valence-electron chi connectivity index (χ1n) is 6.63. The molecule has 1 aromatic rings. The quantitative estimate of drug-likeness (QED) is 0.780. The summed E-state index contributed by atoms with van der Waals surface area (Å²) in [4.78, 5) is 12.3. The van der Waals surface area contributed by atoms with E-state index >= 15 is 0 Å². The number of ketones is 1. The SMILES string of the molecule is COc1ccc2c(c1)OC1(CCOCC1C)CC2=O. The van der Waals surface area contributed by atoms with Crippen LogP contribution in [0.2, 0.25) is 0 Å². The third-order valence-electron chi connectivity index (χ3n) is 4.20. The van der Waals surface area contributed by atoms with Crippen LogP contribution in [-0.4, -0.2) is 31.7 Å². The summed E-state index contributed by atoms with van der Waals surface area (Å²) in [5.74, 6) is 1.72. The Hall–Kier alpha value is -1.55. The molecular weight excluding hydrogens is 244 g/mol. The highest BCUT2D eigenvalue weighted by Gasteiger charge is 2.46. The summed E-state index contributed by atoms with van der Waals surface area (Å²) in [6, 6.07) is 5.38. The Kier molecular flexibility index (Phi) is 2.97. The molecule has 2 aliphatic heterocycles. The molecule has 0 aliphatic carbocycles. The molecule has 2 heterocycles. The average molecular weight is 262 g/mol. The minimum absolute atomic E-state index is 0.151. The van der Waals surface area contributed by atoms with Crippen LogP contribution < -0.4 is 9.47 Å². The molecule has 0 N–H and O–H groups in total. The van der Waals surface area contributed by atoms with Gasteiger partial charge in [0, 0.05) is 18.4 Å². The van der Waals surface area contributed by atoms with Crippen molar-refractivity contribution in [3.05, 3.63) is 23.8 Å². The van der Waals surface area contributed by atoms with E-state index in [1.165, 1.54) is 0 Å². The van der Waals surface area contributed by atoms with E-state index in [1.807, 2.05) is 0 Å². The first-order chi connectivity index (χ1) is 9.14. The zero-order chi connectivity index (χ0) is 13.5. The van der Waals surface area contributed by atoms with Crippen LogP contribution in [-0.2, 0) is 4.74 Å². The van der Waals surface area contributed by atoms with Crippen molar-refractivity contribution in [3.63, 3.8) is 0 Å². The summed E-state index contributed by atoms with van der Waals surface area (Å²) in [5, 5.41) is 0. The number of ether oxygens (including phenoxy) is 3. The lowest BCUT2D eigenvalue weighted by Gasteiger charge is -2.44. The Balaban J connectivity index is 2.00. The van der Waals surface area contributed by atoms with E-state index in [4.69, 9.17) is 14.2 Å². The van der Waals surface area contributed by atoms with Crippen molar-refractivity contribution in [2.24, 2.45) is 5.92 Å². The number of carbonyl (C=O) groups excluding carboxylic acids is 1. The van der Waals surface area contributed by atoms with Crippen molar-refractivity contribution < 1.29 is 19.0 Å². The van der Waals surface area contributed by atoms with Crippen LogP contribution in [0.25, 0.3) is 0 Å². The molecule has 0 aromatic heterocycles. The average Bonchev–Trinajstić information content (AvgIpc) is 2.41. The molecule has 2 aliphatic rings. The second-order valence-corrected chi connectivity index (χ2v) is 5.35. The molecule has 0 bridgehead atoms. The normalized spacial score (nSPS) is 29.8. The fraction of sp³-hybridized carbons (Fsp3) is 0.533. The molecule has 1 saturated heterocycles. The topological polar surface area (TPSA) is 44.8 Å². The van der Waals surface area contributed by atoms with Crippen LogP contribution in [0.3, 0.4) is 0 Å². The zero-order valence-corrected chi connectivity index (χ0v) is 11.3. The Morgan fingerprint density at radius 1 is 1.42 bits per heavy atom. The zero-order valence-electron chi connectivity index (χ0n) is 11.3. The highest BCUT2D eigenvalue weighted by molar-refractivity contribution is 6.00. The standard InChI is InChI=1S/C15H18O4/c1-10-9-18-6-5-15(10)8-13(16)12-4-3-11(17-2)7-14(12)19-15/h3-4,7,10H,5-6,8-9H2,1-2H3. The van der Waals surface area contributed by atoms with Crippen LogP contribution in [0.1, 0.15) is 30.1 Å². The van der Waals surface area contributed by atoms with Gasteiger partial charge >= 0.3 is 0 Å². The van der Waals surface area contributed by atoms with Gasteiger partial charge in [-0.25, -0.2) is 0 Å². The molecule has 0 amide bonds. The minimum atomic E-state index is -0.408. The second-order valence-electron chi connectivity index (χ2n) is 5.35. The third-order valence-corrected chi connectivity index (χ3v) is 4.20. The van der Waals surface area contributed by atoms with Gasteiger partial charge in [-0.15, -0.1) is 0 Å². The molecule has 2 unspecified atom stereocenters. The van der Waals surface area contributed by atoms with E-state index < -0.39 is 5.60 Å². The van der Waals surface area contributed by atoms with E-state index in [-0.39, 0.29) is 11.7 Å². The molecule has 4 nitrogen and oxygen atoms in total. The number of benzene rings is 1. The molecule has 4 heteroatoms. The molecule has 2 atom stereocenters. The van der Waals surface area contributed by atoms with Gasteiger partial charge in [0.25, 0.3) is 0 Å². The number of Topliss-reactive ketones (excluding diaryl/α,β-unsaturated/α-hetero) is 1. The summed E-state index contributed by atoms with van der Waals surface area (Å²) in [7, 11) is 1.61. The summed E-state index contributed by atoms with van der Waals surface area (Å²) < 4.78 is 16.9. The lowest BCUT2D eigenvalue weighted by molar-refractivity contribution is -0.0917. The van der Waals surface area contributed by atoms with Crippen molar-refractivity contribution in [3.8, 4) is 11.5 Å². The smallest absolute Gasteiger partial charge is 0.170 e. The van der Waals surface area contributed by atoms with E-state index in [0.29, 0.717) is 36.7 Å². The van der Waals surface area contributed by atoms with Gasteiger partial charge in [0.2, 0.25) is 0 Å². The van der Waals surface area contributed by atoms with Crippen LogP contribution in [0.4, 0.5) is 0 Å². The van der Waals surface area contributed by atoms with Crippen molar-refractivity contribution in [2.45, 2.75) is 25.4 Å². The molecule has 1 spiro atoms. The van der Waals surface area contributed by atoms with Gasteiger partial charge in [0.1, 0.15) is 17.1 Å². The Morgan fingerprint density at radius 2 is 2.26 bits per heavy atom. The fourth-order valence-corrected chi connectivity index (χ4v) is 2.88. The largest absolute Gasteiger partial charge is 0.497 e. The van der Waals surface area contributed by atoms with Gasteiger partial charge in [-0.1, -0.05) is 6.92 Å². The summed E-state index contributed by atoms with van der Waals surface area (Å²) >= 11 is 0. The Morgan fingerprint density at radius 3 is 3.00 bits per heavy atom. The van der Waals surface area contributed by atoms with E-state index in [9.17, 15) is 4.79 Å². The van der Waals surface area contributed by atoms with Crippen LogP contribution in [0, 0.1) is 5.92 Å². The fourth-order valence-electron chi connectivity index (χ4n) is 2.88. The van der Waals surface area contributed by atoms with Crippen LogP contribution >= 0.6 is 0 Å². The highest BCUT2D eigenvalue weighted by atomic mass is 16.5. The van der Waals surface area contributed by atoms with Crippen molar-refractivity contribution in [1.29, 1.82) is 0 Å². The molecular formula is C15H18O4. The Bertz CT molecular complexity index is 511. The summed E-state index contributed by atoms with van der Waals surface area (Å²) in [5.41, 5.74) is 0.249. The van der Waals surface area contributed by atoms with E-state index in [1.54, 1.807) is 25.3 Å². The lowest BCUT2D eigenvalue weighted by Crippen LogP contribution is -2.52. The summed E-state index contributed by atoms with van der Waals surface area (Å²) in [6.45, 7) is 3.38. The number of methoxy groups -OCH3 is 1. The van der Waals surface area contributed by atoms with Gasteiger partial charge in [-0.2, -0.15) is 0 Å². The minimum Gasteiger partial charge on any atom is -0.497 e. The van der Waals surface area contributed by atoms with Gasteiger partial charge in [-0.3, -0.25) is 4.79 Å². The number of fused-ring (bicyclic) bond motifs is 1. The lowest BCUT2D eigenvalue weighted by atomic mass is 9.77. The molecule has 0 saturated carbocycles. The van der Waals surface area contributed by atoms with Crippen LogP contribution in [0.5, 0.6) is 11.5 Å². The maximum atomic E-state index is 12.3. The van der Waals surface area contributed by atoms with Gasteiger partial charge in [0.05, 0.1) is 32.3 Å². The van der Waals surface area contributed by atoms with E-state index in [2.05, 4.69) is 6.92 Å². The molecule has 1 fully saturated rings. The maximum Gasteiger partial charge on any atom is 0.170 e. The Labute approximate surface area is 112 Å². The molecule has 102 valence electrons. The predicted molar refractivity (Wildman–Crippen MR) is 69.9 cm³/mol. The van der Waals surface area contributed by atoms with Crippen molar-refractivity contribution in [1.82, 2.24) is 0 Å². The van der Waals surface area contributed by atoms with Crippen molar-refractivity contribution in [2.75, 3.05) is 20.3 Å². The van der Waals surface area contributed by atoms with Gasteiger partial charge < -0.3 is 14.2 Å². The van der Waals surface area contributed by atoms with Crippen LogP contribution in [0.15, 0.2) is 18.2 Å². The molecule has 0 radical (unpaired) electrons. The molecule has 19 heavy (non-hydrogen) atoms. The third kappa shape index (κ3) is 2.00. The first kappa shape index (κ1) is 12.5. The number of rotatable bonds is 1. The van der Waals surface area contributed by atoms with E-state index in [0.717, 1.165) is 6.42 Å². The number of carbonyl (C=O) groups is 1. The number of hydrogen-bond acceptors (Lipinski definition) is 4. The molecule has 3 rings (SSSR count). The van der Waals surface area contributed by atoms with Gasteiger partial charge in [-0.05, 0) is 12.1 Å². The second kappa shape index (κ2) is 4.53. The summed E-state index contributed by atoms with van der Waals surface area (Å²) in [6.07, 6.45) is 1.20. The number of hydrogen-bond donors (Lipinski definition) is 0.